The van der Waals surface area contributed by atoms with E-state index >= 15 is 0 Å². The molecule has 0 bridgehead atoms. The van der Waals surface area contributed by atoms with Gasteiger partial charge in [-0.15, -0.1) is 0 Å². The van der Waals surface area contributed by atoms with Crippen molar-refractivity contribution >= 4 is 17.5 Å². The molecule has 0 spiro atoms. The van der Waals surface area contributed by atoms with Gasteiger partial charge in [-0.25, -0.2) is 0 Å². The molecule has 2 aliphatic rings. The van der Waals surface area contributed by atoms with Crippen molar-refractivity contribution in [3.8, 4) is 0 Å². The molecular formula is C13H20N2O3. The minimum absolute atomic E-state index is 0.0366. The molecule has 0 radical (unpaired) electrons. The third-order valence-corrected chi connectivity index (χ3v) is 3.79. The number of rotatable bonds is 2. The summed E-state index contributed by atoms with van der Waals surface area (Å²) in [6.07, 6.45) is 1.52. The van der Waals surface area contributed by atoms with Gasteiger partial charge in [0.2, 0.25) is 5.91 Å². The van der Waals surface area contributed by atoms with Gasteiger partial charge >= 0.3 is 0 Å². The van der Waals surface area contributed by atoms with Crippen molar-refractivity contribution in [1.82, 2.24) is 9.80 Å². The zero-order valence-corrected chi connectivity index (χ0v) is 10.9. The van der Waals surface area contributed by atoms with E-state index in [1.807, 2.05) is 11.8 Å². The second kappa shape index (κ2) is 5.61. The molecule has 0 aromatic carbocycles. The third kappa shape index (κ3) is 3.16. The number of carbonyl (C=O) groups excluding carboxylic acids is 3. The smallest absolute Gasteiger partial charge is 0.236 e. The van der Waals surface area contributed by atoms with Gasteiger partial charge in [-0.2, -0.15) is 0 Å². The first kappa shape index (κ1) is 13.2. The summed E-state index contributed by atoms with van der Waals surface area (Å²) >= 11 is 0. The zero-order valence-electron chi connectivity index (χ0n) is 10.9. The molecule has 5 heteroatoms. The minimum Gasteiger partial charge on any atom is -0.341 e. The molecule has 2 aliphatic heterocycles. The van der Waals surface area contributed by atoms with Gasteiger partial charge in [0.05, 0.1) is 6.54 Å². The van der Waals surface area contributed by atoms with Gasteiger partial charge in [-0.3, -0.25) is 19.3 Å². The Labute approximate surface area is 107 Å². The number of nitrogens with zero attached hydrogens (tertiary/aromatic N) is 2. The molecule has 0 aromatic heterocycles. The van der Waals surface area contributed by atoms with E-state index in [0.29, 0.717) is 57.8 Å². The van der Waals surface area contributed by atoms with Crippen LogP contribution in [0, 0.1) is 5.92 Å². The number of likely N-dealkylation sites (tertiary alicyclic amines) is 2. The molecule has 0 saturated carbocycles. The van der Waals surface area contributed by atoms with Crippen molar-refractivity contribution in [3.05, 3.63) is 0 Å². The van der Waals surface area contributed by atoms with Crippen LogP contribution in [-0.2, 0) is 14.4 Å². The fourth-order valence-electron chi connectivity index (χ4n) is 2.54. The monoisotopic (exact) mass is 252 g/mol. The summed E-state index contributed by atoms with van der Waals surface area (Å²) in [6, 6.07) is 0. The summed E-state index contributed by atoms with van der Waals surface area (Å²) in [5, 5.41) is 0. The Kier molecular flexibility index (Phi) is 4.11. The van der Waals surface area contributed by atoms with Crippen LogP contribution in [0.2, 0.25) is 0 Å². The summed E-state index contributed by atoms with van der Waals surface area (Å²) < 4.78 is 0. The highest BCUT2D eigenvalue weighted by molar-refractivity contribution is 5.85. The van der Waals surface area contributed by atoms with Crippen LogP contribution in [0.15, 0.2) is 0 Å². The standard InChI is InChI=1S/C13H20N2O3/c1-10-8-14(5-4-12(10)17)9-13(18)15-6-2-11(16)3-7-15/h10H,2-9H2,1H3. The topological polar surface area (TPSA) is 57.7 Å². The van der Waals surface area contributed by atoms with E-state index in [2.05, 4.69) is 0 Å². The summed E-state index contributed by atoms with van der Waals surface area (Å²) in [5.41, 5.74) is 0. The van der Waals surface area contributed by atoms with Crippen molar-refractivity contribution in [2.24, 2.45) is 5.92 Å². The summed E-state index contributed by atoms with van der Waals surface area (Å²) in [5.74, 6) is 0.664. The third-order valence-electron chi connectivity index (χ3n) is 3.79. The molecule has 2 heterocycles. The van der Waals surface area contributed by atoms with Gasteiger partial charge in [0.1, 0.15) is 11.6 Å². The Morgan fingerprint density at radius 1 is 1.17 bits per heavy atom. The van der Waals surface area contributed by atoms with Gasteiger partial charge in [0, 0.05) is 51.4 Å². The normalized spacial score (nSPS) is 26.5. The molecule has 0 aromatic rings. The van der Waals surface area contributed by atoms with Crippen LogP contribution in [0.5, 0.6) is 0 Å². The molecular weight excluding hydrogens is 232 g/mol. The lowest BCUT2D eigenvalue weighted by Gasteiger charge is -2.32. The van der Waals surface area contributed by atoms with Crippen molar-refractivity contribution in [1.29, 1.82) is 0 Å². The van der Waals surface area contributed by atoms with E-state index in [1.165, 1.54) is 0 Å². The van der Waals surface area contributed by atoms with E-state index in [4.69, 9.17) is 0 Å². The van der Waals surface area contributed by atoms with Crippen molar-refractivity contribution in [2.45, 2.75) is 26.2 Å². The second-order valence-corrected chi connectivity index (χ2v) is 5.27. The highest BCUT2D eigenvalue weighted by Gasteiger charge is 2.27. The number of carbonyl (C=O) groups is 3. The van der Waals surface area contributed by atoms with Crippen LogP contribution in [0.3, 0.4) is 0 Å². The number of Topliss-reactive ketones (excluding diaryl/α,β-unsaturated/α-hetero) is 2. The fraction of sp³-hybridized carbons (Fsp3) is 0.769. The summed E-state index contributed by atoms with van der Waals surface area (Å²) in [6.45, 7) is 4.77. The maximum atomic E-state index is 12.0. The van der Waals surface area contributed by atoms with Crippen molar-refractivity contribution in [3.63, 3.8) is 0 Å². The molecule has 2 saturated heterocycles. The molecule has 18 heavy (non-hydrogen) atoms. The van der Waals surface area contributed by atoms with E-state index in [9.17, 15) is 14.4 Å². The lowest BCUT2D eigenvalue weighted by atomic mass is 9.98. The van der Waals surface area contributed by atoms with E-state index in [1.54, 1.807) is 4.90 Å². The number of amides is 1. The van der Waals surface area contributed by atoms with E-state index < -0.39 is 0 Å². The van der Waals surface area contributed by atoms with Crippen molar-refractivity contribution < 1.29 is 14.4 Å². The van der Waals surface area contributed by atoms with Gasteiger partial charge < -0.3 is 4.90 Å². The van der Waals surface area contributed by atoms with Crippen LogP contribution in [-0.4, -0.2) is 60.0 Å². The van der Waals surface area contributed by atoms with E-state index in [-0.39, 0.29) is 17.6 Å². The van der Waals surface area contributed by atoms with Crippen LogP contribution in [0.25, 0.3) is 0 Å². The average Bonchev–Trinajstić information content (AvgIpc) is 2.34. The predicted molar refractivity (Wildman–Crippen MR) is 66.0 cm³/mol. The number of hydrogen-bond acceptors (Lipinski definition) is 4. The highest BCUT2D eigenvalue weighted by Crippen LogP contribution is 2.13. The zero-order chi connectivity index (χ0) is 13.1. The summed E-state index contributed by atoms with van der Waals surface area (Å²) in [4.78, 5) is 38.4. The molecule has 5 nitrogen and oxygen atoms in total. The SMILES string of the molecule is CC1CN(CC(=O)N2CCC(=O)CC2)CCC1=O. The molecule has 1 unspecified atom stereocenters. The molecule has 2 rings (SSSR count). The first-order valence-electron chi connectivity index (χ1n) is 6.61. The molecule has 100 valence electrons. The van der Waals surface area contributed by atoms with Crippen molar-refractivity contribution in [2.75, 3.05) is 32.7 Å². The second-order valence-electron chi connectivity index (χ2n) is 5.27. The molecule has 2 fully saturated rings. The van der Waals surface area contributed by atoms with Gasteiger partial charge in [0.25, 0.3) is 0 Å². The largest absolute Gasteiger partial charge is 0.341 e. The maximum absolute atomic E-state index is 12.0. The van der Waals surface area contributed by atoms with Crippen LogP contribution in [0.4, 0.5) is 0 Å². The molecule has 0 N–H and O–H groups in total. The Hall–Kier alpha value is -1.23. The average molecular weight is 252 g/mol. The predicted octanol–water partition coefficient (Wildman–Crippen LogP) is 0.0888. The Morgan fingerprint density at radius 2 is 1.83 bits per heavy atom. The lowest BCUT2D eigenvalue weighted by Crippen LogP contribution is -2.48. The quantitative estimate of drug-likeness (QED) is 0.699. The van der Waals surface area contributed by atoms with Gasteiger partial charge in [-0.1, -0.05) is 6.92 Å². The molecule has 0 aliphatic carbocycles. The van der Waals surface area contributed by atoms with E-state index in [0.717, 1.165) is 0 Å². The lowest BCUT2D eigenvalue weighted by molar-refractivity contribution is -0.137. The maximum Gasteiger partial charge on any atom is 0.236 e. The first-order chi connectivity index (χ1) is 8.56. The minimum atomic E-state index is 0.0366. The molecule has 1 atom stereocenters. The van der Waals surface area contributed by atoms with Crippen LogP contribution < -0.4 is 0 Å². The Balaban J connectivity index is 1.80. The van der Waals surface area contributed by atoms with Crippen LogP contribution in [0.1, 0.15) is 26.2 Å². The van der Waals surface area contributed by atoms with Gasteiger partial charge in [0.15, 0.2) is 0 Å². The highest BCUT2D eigenvalue weighted by atomic mass is 16.2. The first-order valence-corrected chi connectivity index (χ1v) is 6.61. The van der Waals surface area contributed by atoms with Gasteiger partial charge in [-0.05, 0) is 0 Å². The fourth-order valence-corrected chi connectivity index (χ4v) is 2.54. The number of hydrogen-bond donors (Lipinski definition) is 0. The van der Waals surface area contributed by atoms with Crippen LogP contribution >= 0.6 is 0 Å². The Bertz CT molecular complexity index is 357. The number of ketones is 2. The number of piperidine rings is 2. The Morgan fingerprint density at radius 3 is 2.44 bits per heavy atom. The summed E-state index contributed by atoms with van der Waals surface area (Å²) in [7, 11) is 0. The molecule has 1 amide bonds.